The van der Waals surface area contributed by atoms with E-state index in [9.17, 15) is 0 Å². The molecule has 29 valence electrons. The molecule has 0 aliphatic carbocycles. The molecule has 5 radical (unpaired) electrons. The van der Waals surface area contributed by atoms with Crippen molar-refractivity contribution in [3.63, 3.8) is 0 Å². The first-order chi connectivity index (χ1) is 0. The van der Waals surface area contributed by atoms with Crippen LogP contribution in [0.25, 0.3) is 0 Å². The van der Waals surface area contributed by atoms with Crippen LogP contribution in [0.15, 0.2) is 0 Å². The van der Waals surface area contributed by atoms with E-state index in [4.69, 9.17) is 0 Å². The second kappa shape index (κ2) is 16.6. The summed E-state index contributed by atoms with van der Waals surface area (Å²) in [5, 5.41) is 0. The van der Waals surface area contributed by atoms with Gasteiger partial charge in [-0.15, -0.1) is 0 Å². The molecule has 0 heterocycles. The Morgan fingerprint density at radius 2 is 1.00 bits per heavy atom. The van der Waals surface area contributed by atoms with Crippen molar-refractivity contribution >= 4 is 23.9 Å². The molecule has 0 aromatic heterocycles. The van der Waals surface area contributed by atoms with Gasteiger partial charge >= 0.3 is 23.9 Å². The number of rotatable bonds is 0. The summed E-state index contributed by atoms with van der Waals surface area (Å²) in [5.74, 6) is 0. The van der Waals surface area contributed by atoms with Crippen LogP contribution in [0.1, 0.15) is 0 Å². The van der Waals surface area contributed by atoms with Gasteiger partial charge in [0, 0.05) is 69.4 Å². The number of hydrogen-bond donors (Lipinski definition) is 0. The maximum absolute atomic E-state index is 0. The molecule has 0 aliphatic heterocycles. The van der Waals surface area contributed by atoms with E-state index in [2.05, 4.69) is 0 Å². The second-order valence-corrected chi connectivity index (χ2v) is 0. The molecule has 4 heteroatoms. The molecule has 4 heavy (non-hydrogen) atoms. The van der Waals surface area contributed by atoms with Crippen molar-refractivity contribution < 1.29 is 69.4 Å². The third-order valence-electron chi connectivity index (χ3n) is 0. The fourth-order valence-electron chi connectivity index (χ4n) is 0. The minimum atomic E-state index is 0. The van der Waals surface area contributed by atoms with Gasteiger partial charge in [-0.3, -0.25) is 0 Å². The van der Waals surface area contributed by atoms with Gasteiger partial charge in [0.2, 0.25) is 0 Å². The van der Waals surface area contributed by atoms with Crippen molar-refractivity contribution in [2.24, 2.45) is 0 Å². The van der Waals surface area contributed by atoms with E-state index in [1.807, 2.05) is 0 Å². The van der Waals surface area contributed by atoms with Crippen LogP contribution in [-0.4, -0.2) is 23.9 Å². The van der Waals surface area contributed by atoms with Gasteiger partial charge in [-0.25, -0.2) is 0 Å². The zero-order valence-electron chi connectivity index (χ0n) is 1.92. The van der Waals surface area contributed by atoms with Crippen molar-refractivity contribution in [3.8, 4) is 0 Å². The Morgan fingerprint density at radius 3 is 1.00 bits per heavy atom. The standard InChI is InChI=1S/Co.Cu.La.Sn.2H. The van der Waals surface area contributed by atoms with Crippen LogP contribution in [-0.2, 0) is 33.8 Å². The first kappa shape index (κ1) is 27.9. The van der Waals surface area contributed by atoms with Crippen LogP contribution >= 0.6 is 0 Å². The van der Waals surface area contributed by atoms with E-state index in [1.165, 1.54) is 0 Å². The monoisotopic (exact) mass is 383 g/mol. The molecule has 0 spiro atoms. The molecule has 0 aliphatic rings. The molecule has 0 aromatic rings. The second-order valence-electron chi connectivity index (χ2n) is 0. The van der Waals surface area contributed by atoms with E-state index in [0.717, 1.165) is 0 Å². The molecule has 0 amide bonds. The van der Waals surface area contributed by atoms with Crippen LogP contribution in [0.2, 0.25) is 0 Å². The van der Waals surface area contributed by atoms with Gasteiger partial charge in [0.05, 0.1) is 0 Å². The molecule has 0 rings (SSSR count). The SMILES string of the molecule is [Co].[Cu].[La].[SnH2]. The molecule has 0 nitrogen and oxygen atoms in total. The van der Waals surface area contributed by atoms with Gasteiger partial charge in [-0.1, -0.05) is 0 Å². The Labute approximate surface area is 91.5 Å². The Hall–Kier alpha value is 3.02. The molecule has 0 fully saturated rings. The zero-order valence-corrected chi connectivity index (χ0v) is 11.6. The van der Waals surface area contributed by atoms with Crippen molar-refractivity contribution in [3.05, 3.63) is 0 Å². The average Bonchev–Trinajstić information content (AvgIpc) is 0. The van der Waals surface area contributed by atoms with Gasteiger partial charge in [0.25, 0.3) is 0 Å². The quantitative estimate of drug-likeness (QED) is 0.476. The molecular weight excluding hydrogens is 380 g/mol. The van der Waals surface area contributed by atoms with Gasteiger partial charge in [0.1, 0.15) is 0 Å². The van der Waals surface area contributed by atoms with Crippen LogP contribution in [0.5, 0.6) is 0 Å². The Bertz CT molecular complexity index is 8.00. The minimum absolute atomic E-state index is 0. The Morgan fingerprint density at radius 1 is 1.00 bits per heavy atom. The van der Waals surface area contributed by atoms with Crippen molar-refractivity contribution in [1.82, 2.24) is 0 Å². The topological polar surface area (TPSA) is 0 Å². The Balaban J connectivity index is 0. The summed E-state index contributed by atoms with van der Waals surface area (Å²) in [4.78, 5) is 0. The summed E-state index contributed by atoms with van der Waals surface area (Å²) in [5.41, 5.74) is 0. The van der Waals surface area contributed by atoms with Crippen molar-refractivity contribution in [2.75, 3.05) is 0 Å². The van der Waals surface area contributed by atoms with E-state index >= 15 is 0 Å². The predicted molar refractivity (Wildman–Crippen MR) is 8.54 cm³/mol. The number of hydrogen-bond acceptors (Lipinski definition) is 0. The molecule has 0 aromatic carbocycles. The third-order valence-corrected chi connectivity index (χ3v) is 0. The van der Waals surface area contributed by atoms with E-state index in [0.29, 0.717) is 0 Å². The van der Waals surface area contributed by atoms with Crippen LogP contribution in [0.3, 0.4) is 0 Å². The summed E-state index contributed by atoms with van der Waals surface area (Å²) in [7, 11) is 0. The molecule has 0 atom stereocenters. The predicted octanol–water partition coefficient (Wildman–Crippen LogP) is -0.921. The summed E-state index contributed by atoms with van der Waals surface area (Å²) in [6, 6.07) is 0. The zero-order chi connectivity index (χ0) is 0. The summed E-state index contributed by atoms with van der Waals surface area (Å²) in [6.45, 7) is 0. The first-order valence-electron chi connectivity index (χ1n) is 0. The molecule has 0 unspecified atom stereocenters. The molecule has 0 bridgehead atoms. The normalized spacial score (nSPS) is 0. The fraction of sp³-hybridized carbons (Fsp3) is 0. The van der Waals surface area contributed by atoms with Crippen LogP contribution in [0, 0.1) is 35.6 Å². The van der Waals surface area contributed by atoms with Gasteiger partial charge in [-0.05, 0) is 0 Å². The fourth-order valence-corrected chi connectivity index (χ4v) is 0. The molecular formula is H2CoCuLaSn. The summed E-state index contributed by atoms with van der Waals surface area (Å²) in [6.07, 6.45) is 0. The van der Waals surface area contributed by atoms with Crippen molar-refractivity contribution in [2.45, 2.75) is 0 Å². The average molecular weight is 382 g/mol. The third kappa shape index (κ3) is 8.89. The summed E-state index contributed by atoms with van der Waals surface area (Å²) < 4.78 is 0. The molecule has 0 N–H and O–H groups in total. The maximum atomic E-state index is 0. The van der Waals surface area contributed by atoms with Gasteiger partial charge in [0.15, 0.2) is 0 Å². The van der Waals surface area contributed by atoms with Gasteiger partial charge in [-0.2, -0.15) is 0 Å². The summed E-state index contributed by atoms with van der Waals surface area (Å²) >= 11 is 0. The molecule has 0 saturated heterocycles. The van der Waals surface area contributed by atoms with Crippen molar-refractivity contribution in [1.29, 1.82) is 0 Å². The van der Waals surface area contributed by atoms with E-state index in [1.54, 1.807) is 0 Å². The van der Waals surface area contributed by atoms with Gasteiger partial charge < -0.3 is 0 Å². The Kier molecular flexibility index (Phi) is 116. The van der Waals surface area contributed by atoms with E-state index < -0.39 is 0 Å². The molecule has 0 saturated carbocycles. The van der Waals surface area contributed by atoms with Crippen LogP contribution < -0.4 is 0 Å². The first-order valence-corrected chi connectivity index (χ1v) is 0. The van der Waals surface area contributed by atoms with E-state index in [-0.39, 0.29) is 93.4 Å². The van der Waals surface area contributed by atoms with Crippen LogP contribution in [0.4, 0.5) is 0 Å².